The van der Waals surface area contributed by atoms with Crippen LogP contribution >= 0.6 is 25.3 Å². The van der Waals surface area contributed by atoms with Gasteiger partial charge in [0, 0.05) is 41.1 Å². The van der Waals surface area contributed by atoms with Crippen molar-refractivity contribution in [3.8, 4) is 0 Å². The first-order chi connectivity index (χ1) is 5.54. The van der Waals surface area contributed by atoms with E-state index >= 15 is 0 Å². The van der Waals surface area contributed by atoms with Gasteiger partial charge in [0.2, 0.25) is 0 Å². The summed E-state index contributed by atoms with van der Waals surface area (Å²) in [7, 11) is 8.15. The predicted molar refractivity (Wildman–Crippen MR) is 64.8 cm³/mol. The number of nitrogens with zero attached hydrogens (tertiary/aromatic N) is 2. The molecule has 86 valence electrons. The van der Waals surface area contributed by atoms with Crippen LogP contribution in [0.4, 0.5) is 0 Å². The molecule has 0 aliphatic carbocycles. The van der Waals surface area contributed by atoms with Crippen LogP contribution in [0.3, 0.4) is 0 Å². The van der Waals surface area contributed by atoms with Crippen LogP contribution in [0, 0.1) is 0 Å². The minimum atomic E-state index is 0. The standard InChI is InChI=1S/2C4H11NS.Ni/c2*1-5(2)3-4-6;/h2*6H,3-4H2,1-2H3;. The van der Waals surface area contributed by atoms with Crippen molar-refractivity contribution in [3.63, 3.8) is 0 Å². The molecule has 0 heterocycles. The van der Waals surface area contributed by atoms with E-state index in [1.54, 1.807) is 0 Å². The fourth-order valence-electron chi connectivity index (χ4n) is 0.400. The third kappa shape index (κ3) is 32.0. The molecule has 0 aromatic rings. The van der Waals surface area contributed by atoms with Crippen LogP contribution in [0.2, 0.25) is 0 Å². The molecular formula is C8H22N2NiS2. The van der Waals surface area contributed by atoms with Crippen LogP contribution in [0.15, 0.2) is 0 Å². The minimum Gasteiger partial charge on any atom is -0.309 e. The summed E-state index contributed by atoms with van der Waals surface area (Å²) in [6, 6.07) is 0. The molecule has 0 amide bonds. The monoisotopic (exact) mass is 268 g/mol. The Morgan fingerprint density at radius 3 is 1.00 bits per heavy atom. The van der Waals surface area contributed by atoms with E-state index in [1.807, 2.05) is 28.2 Å². The molecule has 0 aliphatic heterocycles. The topological polar surface area (TPSA) is 6.48 Å². The zero-order chi connectivity index (χ0) is 9.98. The zero-order valence-electron chi connectivity index (χ0n) is 8.93. The van der Waals surface area contributed by atoms with E-state index in [-0.39, 0.29) is 16.5 Å². The summed E-state index contributed by atoms with van der Waals surface area (Å²) in [6.07, 6.45) is 0. The molecule has 0 saturated carbocycles. The van der Waals surface area contributed by atoms with E-state index in [4.69, 9.17) is 0 Å². The molecule has 13 heavy (non-hydrogen) atoms. The van der Waals surface area contributed by atoms with Gasteiger partial charge >= 0.3 is 0 Å². The van der Waals surface area contributed by atoms with Crippen molar-refractivity contribution in [2.75, 3.05) is 52.8 Å². The molecule has 0 rings (SSSR count). The van der Waals surface area contributed by atoms with E-state index in [9.17, 15) is 0 Å². The predicted octanol–water partition coefficient (Wildman–Crippen LogP) is 0.953. The number of hydrogen-bond donors (Lipinski definition) is 2. The van der Waals surface area contributed by atoms with Crippen LogP contribution in [0.5, 0.6) is 0 Å². The van der Waals surface area contributed by atoms with Crippen molar-refractivity contribution in [2.45, 2.75) is 0 Å². The van der Waals surface area contributed by atoms with Gasteiger partial charge in [-0.25, -0.2) is 0 Å². The minimum absolute atomic E-state index is 0. The van der Waals surface area contributed by atoms with Gasteiger partial charge in [0.05, 0.1) is 0 Å². The third-order valence-corrected chi connectivity index (χ3v) is 1.49. The molecule has 0 spiro atoms. The molecule has 0 N–H and O–H groups in total. The molecule has 0 unspecified atom stereocenters. The molecule has 5 heteroatoms. The van der Waals surface area contributed by atoms with Crippen molar-refractivity contribution in [1.29, 1.82) is 0 Å². The fourth-order valence-corrected chi connectivity index (χ4v) is 1.20. The van der Waals surface area contributed by atoms with Crippen LogP contribution in [-0.4, -0.2) is 62.6 Å². The molecule has 0 bridgehead atoms. The Morgan fingerprint density at radius 2 is 1.00 bits per heavy atom. The molecule has 0 atom stereocenters. The SMILES string of the molecule is CN(C)CCS.CN(C)CCS.[Ni]. The Balaban J connectivity index is -0.000000143. The molecular weight excluding hydrogens is 247 g/mol. The molecule has 0 aromatic carbocycles. The Hall–Kier alpha value is 1.11. The maximum atomic E-state index is 4.02. The van der Waals surface area contributed by atoms with Gasteiger partial charge in [0.25, 0.3) is 0 Å². The van der Waals surface area contributed by atoms with Crippen molar-refractivity contribution in [2.24, 2.45) is 0 Å². The molecule has 0 aromatic heterocycles. The average Bonchev–Trinajstić information content (AvgIpc) is 1.87. The summed E-state index contributed by atoms with van der Waals surface area (Å²) in [6.45, 7) is 2.15. The summed E-state index contributed by atoms with van der Waals surface area (Å²) < 4.78 is 0. The first-order valence-electron chi connectivity index (χ1n) is 4.05. The Kier molecular flexibility index (Phi) is 23.5. The summed E-state index contributed by atoms with van der Waals surface area (Å²) in [4.78, 5) is 4.21. The zero-order valence-corrected chi connectivity index (χ0v) is 11.7. The summed E-state index contributed by atoms with van der Waals surface area (Å²) >= 11 is 8.04. The van der Waals surface area contributed by atoms with Crippen LogP contribution in [0.25, 0.3) is 0 Å². The van der Waals surface area contributed by atoms with E-state index in [1.165, 1.54) is 0 Å². The van der Waals surface area contributed by atoms with Gasteiger partial charge in [-0.05, 0) is 28.2 Å². The van der Waals surface area contributed by atoms with Gasteiger partial charge in [-0.3, -0.25) is 0 Å². The molecule has 0 saturated heterocycles. The molecule has 0 aliphatic rings. The van der Waals surface area contributed by atoms with Crippen molar-refractivity contribution < 1.29 is 16.5 Å². The average molecular weight is 269 g/mol. The van der Waals surface area contributed by atoms with E-state index in [0.29, 0.717) is 0 Å². The third-order valence-electron chi connectivity index (χ3n) is 1.09. The number of hydrogen-bond acceptors (Lipinski definition) is 4. The second kappa shape index (κ2) is 15.6. The molecule has 0 fully saturated rings. The van der Waals surface area contributed by atoms with Gasteiger partial charge in [0.15, 0.2) is 0 Å². The molecule has 2 nitrogen and oxygen atoms in total. The Labute approximate surface area is 104 Å². The van der Waals surface area contributed by atoms with Crippen LogP contribution in [-0.2, 0) is 16.5 Å². The van der Waals surface area contributed by atoms with Gasteiger partial charge < -0.3 is 9.80 Å². The second-order valence-electron chi connectivity index (χ2n) is 3.05. The van der Waals surface area contributed by atoms with E-state index < -0.39 is 0 Å². The van der Waals surface area contributed by atoms with Crippen molar-refractivity contribution >= 4 is 25.3 Å². The van der Waals surface area contributed by atoms with Gasteiger partial charge in [-0.15, -0.1) is 0 Å². The largest absolute Gasteiger partial charge is 0.309 e. The second-order valence-corrected chi connectivity index (χ2v) is 3.95. The van der Waals surface area contributed by atoms with Crippen LogP contribution < -0.4 is 0 Å². The Morgan fingerprint density at radius 1 is 0.769 bits per heavy atom. The first-order valence-corrected chi connectivity index (χ1v) is 5.32. The smallest absolute Gasteiger partial charge is 0.00637 e. The molecule has 0 radical (unpaired) electrons. The quantitative estimate of drug-likeness (QED) is 0.579. The van der Waals surface area contributed by atoms with Gasteiger partial charge in [-0.2, -0.15) is 25.3 Å². The summed E-state index contributed by atoms with van der Waals surface area (Å²) in [5, 5.41) is 0. The van der Waals surface area contributed by atoms with Crippen molar-refractivity contribution in [3.05, 3.63) is 0 Å². The summed E-state index contributed by atoms with van der Waals surface area (Å²) in [5.41, 5.74) is 0. The van der Waals surface area contributed by atoms with Gasteiger partial charge in [0.1, 0.15) is 0 Å². The number of thiol groups is 2. The van der Waals surface area contributed by atoms with E-state index in [2.05, 4.69) is 35.1 Å². The van der Waals surface area contributed by atoms with E-state index in [0.717, 1.165) is 24.6 Å². The van der Waals surface area contributed by atoms with Crippen molar-refractivity contribution in [1.82, 2.24) is 9.80 Å². The first kappa shape index (κ1) is 19.7. The maximum Gasteiger partial charge on any atom is 0.00637 e. The maximum absolute atomic E-state index is 4.02. The Bertz CT molecular complexity index is 72.5. The summed E-state index contributed by atoms with van der Waals surface area (Å²) in [5.74, 6) is 1.90. The normalized spacial score (nSPS) is 9.23. The van der Waals surface area contributed by atoms with Gasteiger partial charge in [-0.1, -0.05) is 0 Å². The fraction of sp³-hybridized carbons (Fsp3) is 1.00. The van der Waals surface area contributed by atoms with Crippen LogP contribution in [0.1, 0.15) is 0 Å². The number of rotatable bonds is 4.